The van der Waals surface area contributed by atoms with Crippen LogP contribution in [-0.2, 0) is 13.1 Å². The van der Waals surface area contributed by atoms with Crippen molar-refractivity contribution in [3.8, 4) is 0 Å². The van der Waals surface area contributed by atoms with Gasteiger partial charge in [0.15, 0.2) is 0 Å². The van der Waals surface area contributed by atoms with Crippen LogP contribution in [0.2, 0.25) is 5.02 Å². The maximum absolute atomic E-state index is 6.12. The normalized spacial score (nSPS) is 17.0. The number of likely N-dealkylation sites (tertiary alicyclic amines) is 1. The number of nitrogens with one attached hydrogen (secondary N) is 1. The molecule has 0 atom stereocenters. The number of pyridine rings is 1. The minimum Gasteiger partial charge on any atom is -0.308 e. The third-order valence-electron chi connectivity index (χ3n) is 4.07. The van der Waals surface area contributed by atoms with E-state index in [1.54, 1.807) is 12.4 Å². The molecule has 0 unspecified atom stereocenters. The van der Waals surface area contributed by atoms with Gasteiger partial charge < -0.3 is 10.2 Å². The lowest BCUT2D eigenvalue weighted by Gasteiger charge is -2.29. The zero-order chi connectivity index (χ0) is 15.4. The van der Waals surface area contributed by atoms with Gasteiger partial charge in [0.05, 0.1) is 23.5 Å². The van der Waals surface area contributed by atoms with Gasteiger partial charge in [-0.25, -0.2) is 4.68 Å². The van der Waals surface area contributed by atoms with Gasteiger partial charge in [-0.3, -0.25) is 4.98 Å². The molecule has 3 heterocycles. The van der Waals surface area contributed by atoms with Gasteiger partial charge in [0.1, 0.15) is 0 Å². The zero-order valence-corrected chi connectivity index (χ0v) is 13.5. The first-order chi connectivity index (χ1) is 10.7. The van der Waals surface area contributed by atoms with E-state index in [1.165, 1.54) is 12.8 Å². The molecule has 0 aromatic carbocycles. The molecule has 0 bridgehead atoms. The van der Waals surface area contributed by atoms with Crippen molar-refractivity contribution in [1.29, 1.82) is 0 Å². The summed E-state index contributed by atoms with van der Waals surface area (Å²) in [5, 5.41) is 12.6. The number of nitrogens with zero attached hydrogens (tertiary/aromatic N) is 5. The Labute approximate surface area is 135 Å². The lowest BCUT2D eigenvalue weighted by molar-refractivity contribution is 0.233. The molecule has 6 nitrogen and oxygen atoms in total. The maximum atomic E-state index is 6.12. The van der Waals surface area contributed by atoms with Crippen LogP contribution in [0.25, 0.3) is 0 Å². The summed E-state index contributed by atoms with van der Waals surface area (Å²) in [6.45, 7) is 3.69. The Kier molecular flexibility index (Phi) is 5.02. The van der Waals surface area contributed by atoms with Gasteiger partial charge in [0, 0.05) is 25.0 Å². The molecule has 1 aliphatic rings. The summed E-state index contributed by atoms with van der Waals surface area (Å²) in [5.74, 6) is 0. The number of halogens is 1. The lowest BCUT2D eigenvalue weighted by atomic mass is 10.1. The highest BCUT2D eigenvalue weighted by molar-refractivity contribution is 6.31. The first-order valence-corrected chi connectivity index (χ1v) is 7.98. The topological polar surface area (TPSA) is 58.9 Å². The van der Waals surface area contributed by atoms with E-state index in [0.29, 0.717) is 17.6 Å². The minimum absolute atomic E-state index is 0.580. The fraction of sp³-hybridized carbons (Fsp3) is 0.533. The van der Waals surface area contributed by atoms with Crippen molar-refractivity contribution in [2.45, 2.75) is 32.0 Å². The number of aromatic nitrogens is 4. The molecule has 0 amide bonds. The van der Waals surface area contributed by atoms with Crippen molar-refractivity contribution in [2.24, 2.45) is 0 Å². The van der Waals surface area contributed by atoms with Crippen LogP contribution in [0.5, 0.6) is 0 Å². The quantitative estimate of drug-likeness (QED) is 0.906. The van der Waals surface area contributed by atoms with E-state index >= 15 is 0 Å². The van der Waals surface area contributed by atoms with E-state index in [1.807, 2.05) is 16.9 Å². The molecule has 0 saturated carbocycles. The molecule has 7 heteroatoms. The first-order valence-electron chi connectivity index (χ1n) is 7.60. The molecule has 2 aromatic heterocycles. The third-order valence-corrected chi connectivity index (χ3v) is 4.41. The number of hydrogen-bond acceptors (Lipinski definition) is 5. The van der Waals surface area contributed by atoms with Crippen molar-refractivity contribution in [1.82, 2.24) is 30.2 Å². The van der Waals surface area contributed by atoms with Gasteiger partial charge in [-0.2, -0.15) is 0 Å². The number of rotatable bonds is 5. The van der Waals surface area contributed by atoms with Crippen LogP contribution in [0.1, 0.15) is 24.1 Å². The summed E-state index contributed by atoms with van der Waals surface area (Å²) < 4.78 is 1.81. The molecule has 0 spiro atoms. The van der Waals surface area contributed by atoms with E-state index in [4.69, 9.17) is 11.6 Å². The molecule has 1 N–H and O–H groups in total. The van der Waals surface area contributed by atoms with Crippen molar-refractivity contribution in [2.75, 3.05) is 20.1 Å². The summed E-state index contributed by atoms with van der Waals surface area (Å²) in [6, 6.07) is 2.48. The third kappa shape index (κ3) is 4.03. The van der Waals surface area contributed by atoms with E-state index in [-0.39, 0.29) is 0 Å². The smallest absolute Gasteiger partial charge is 0.0965 e. The van der Waals surface area contributed by atoms with E-state index < -0.39 is 0 Å². The Bertz CT molecular complexity index is 606. The summed E-state index contributed by atoms with van der Waals surface area (Å²) in [7, 11) is 2.17. The predicted molar refractivity (Wildman–Crippen MR) is 85.7 cm³/mol. The Balaban J connectivity index is 1.52. The second-order valence-corrected chi connectivity index (χ2v) is 6.24. The second-order valence-electron chi connectivity index (χ2n) is 5.83. The van der Waals surface area contributed by atoms with Crippen LogP contribution in [-0.4, -0.2) is 51.1 Å². The van der Waals surface area contributed by atoms with Gasteiger partial charge in [-0.05, 0) is 44.6 Å². The molecule has 1 fully saturated rings. The van der Waals surface area contributed by atoms with Crippen LogP contribution in [0.4, 0.5) is 0 Å². The Hall–Kier alpha value is -1.50. The van der Waals surface area contributed by atoms with Gasteiger partial charge in [0.2, 0.25) is 0 Å². The van der Waals surface area contributed by atoms with Gasteiger partial charge in [-0.1, -0.05) is 16.8 Å². The summed E-state index contributed by atoms with van der Waals surface area (Å²) in [6.07, 6.45) is 7.74. The molecule has 0 radical (unpaired) electrons. The van der Waals surface area contributed by atoms with E-state index in [0.717, 1.165) is 30.9 Å². The first kappa shape index (κ1) is 15.4. The zero-order valence-electron chi connectivity index (χ0n) is 12.7. The fourth-order valence-electron chi connectivity index (χ4n) is 2.67. The summed E-state index contributed by atoms with van der Waals surface area (Å²) in [5.41, 5.74) is 1.96. The summed E-state index contributed by atoms with van der Waals surface area (Å²) >= 11 is 6.12. The Morgan fingerprint density at radius 2 is 2.18 bits per heavy atom. The van der Waals surface area contributed by atoms with Crippen LogP contribution >= 0.6 is 11.6 Å². The van der Waals surface area contributed by atoms with Crippen LogP contribution in [0, 0.1) is 0 Å². The van der Waals surface area contributed by atoms with E-state index in [9.17, 15) is 0 Å². The highest BCUT2D eigenvalue weighted by atomic mass is 35.5. The molecular formula is C15H21ClN6. The van der Waals surface area contributed by atoms with Gasteiger partial charge in [-0.15, -0.1) is 5.10 Å². The summed E-state index contributed by atoms with van der Waals surface area (Å²) in [4.78, 5) is 6.36. The van der Waals surface area contributed by atoms with Crippen molar-refractivity contribution in [3.05, 3.63) is 40.9 Å². The molecule has 1 aliphatic heterocycles. The maximum Gasteiger partial charge on any atom is 0.0965 e. The number of piperidine rings is 1. The lowest BCUT2D eigenvalue weighted by Crippen LogP contribution is -2.40. The standard InChI is InChI=1S/C15H21ClN6/c1-21-6-3-13(4-7-21)18-8-14-11-22(20-19-14)10-12-2-5-17-9-15(12)16/h2,5,9,11,13,18H,3-4,6-8,10H2,1H3. The molecule has 0 aliphatic carbocycles. The van der Waals surface area contributed by atoms with Crippen molar-refractivity contribution >= 4 is 11.6 Å². The Morgan fingerprint density at radius 3 is 2.95 bits per heavy atom. The highest BCUT2D eigenvalue weighted by Crippen LogP contribution is 2.14. The van der Waals surface area contributed by atoms with Crippen molar-refractivity contribution < 1.29 is 0 Å². The van der Waals surface area contributed by atoms with Crippen molar-refractivity contribution in [3.63, 3.8) is 0 Å². The average Bonchev–Trinajstić information content (AvgIpc) is 2.97. The second kappa shape index (κ2) is 7.17. The molecular weight excluding hydrogens is 300 g/mol. The highest BCUT2D eigenvalue weighted by Gasteiger charge is 2.16. The Morgan fingerprint density at radius 1 is 1.36 bits per heavy atom. The molecule has 118 valence electrons. The molecule has 1 saturated heterocycles. The largest absolute Gasteiger partial charge is 0.308 e. The fourth-order valence-corrected chi connectivity index (χ4v) is 2.84. The average molecular weight is 321 g/mol. The number of hydrogen-bond donors (Lipinski definition) is 1. The van der Waals surface area contributed by atoms with Gasteiger partial charge in [0.25, 0.3) is 0 Å². The molecule has 2 aromatic rings. The SMILES string of the molecule is CN1CCC(NCc2cn(Cc3ccncc3Cl)nn2)CC1. The van der Waals surface area contributed by atoms with Crippen LogP contribution in [0.3, 0.4) is 0 Å². The van der Waals surface area contributed by atoms with E-state index in [2.05, 4.69) is 32.6 Å². The minimum atomic E-state index is 0.580. The monoisotopic (exact) mass is 320 g/mol. The molecule has 3 rings (SSSR count). The van der Waals surface area contributed by atoms with Crippen LogP contribution < -0.4 is 5.32 Å². The molecule has 22 heavy (non-hydrogen) atoms. The predicted octanol–water partition coefficient (Wildman–Crippen LogP) is 1.56. The van der Waals surface area contributed by atoms with Gasteiger partial charge >= 0.3 is 0 Å². The van der Waals surface area contributed by atoms with Crippen LogP contribution in [0.15, 0.2) is 24.7 Å².